The van der Waals surface area contributed by atoms with Crippen molar-refractivity contribution in [1.29, 1.82) is 0 Å². The van der Waals surface area contributed by atoms with Crippen molar-refractivity contribution in [3.8, 4) is 0 Å². The first-order chi connectivity index (χ1) is 8.02. The summed E-state index contributed by atoms with van der Waals surface area (Å²) in [6.07, 6.45) is 3.53. The zero-order chi connectivity index (χ0) is 12.8. The summed E-state index contributed by atoms with van der Waals surface area (Å²) >= 11 is 0. The molecule has 0 saturated heterocycles. The quantitative estimate of drug-likeness (QED) is 0.825. The zero-order valence-electron chi connectivity index (χ0n) is 10.1. The topological polar surface area (TPSA) is 53.4 Å². The van der Waals surface area contributed by atoms with Crippen molar-refractivity contribution in [3.63, 3.8) is 0 Å². The zero-order valence-corrected chi connectivity index (χ0v) is 10.1. The van der Waals surface area contributed by atoms with Crippen LogP contribution in [0, 0.1) is 5.82 Å². The largest absolute Gasteiger partial charge is 0.480 e. The molecule has 0 aliphatic heterocycles. The fraction of sp³-hybridized carbons (Fsp3) is 0.500. The van der Waals surface area contributed by atoms with Gasteiger partial charge < -0.3 is 5.11 Å². The first kappa shape index (κ1) is 13.6. The van der Waals surface area contributed by atoms with E-state index in [4.69, 9.17) is 5.11 Å². The van der Waals surface area contributed by atoms with Gasteiger partial charge in [0, 0.05) is 18.8 Å². The Hall–Kier alpha value is -1.49. The number of carboxylic acid groups (broad SMARTS) is 1. The van der Waals surface area contributed by atoms with E-state index >= 15 is 0 Å². The average Bonchev–Trinajstić information content (AvgIpc) is 2.26. The molecule has 0 amide bonds. The molecule has 0 radical (unpaired) electrons. The van der Waals surface area contributed by atoms with Gasteiger partial charge in [0.05, 0.1) is 12.7 Å². The van der Waals surface area contributed by atoms with Crippen LogP contribution in [0.25, 0.3) is 0 Å². The molecule has 0 aliphatic carbocycles. The highest BCUT2D eigenvalue weighted by molar-refractivity contribution is 5.69. The van der Waals surface area contributed by atoms with Crippen molar-refractivity contribution < 1.29 is 14.3 Å². The molecule has 1 heterocycles. The van der Waals surface area contributed by atoms with Gasteiger partial charge in [-0.25, -0.2) is 4.39 Å². The molecule has 0 bridgehead atoms. The standard InChI is InChI=1S/C12H17FN2O2/c1-3-9(2)15(8-12(16)17)7-10-4-11(13)6-14-5-10/h4-6,9H,3,7-8H2,1-2H3,(H,16,17). The summed E-state index contributed by atoms with van der Waals surface area (Å²) in [5.41, 5.74) is 0.687. The Morgan fingerprint density at radius 2 is 2.29 bits per heavy atom. The predicted octanol–water partition coefficient (Wildman–Crippen LogP) is 1.91. The summed E-state index contributed by atoms with van der Waals surface area (Å²) in [6, 6.07) is 1.51. The molecule has 0 aliphatic rings. The van der Waals surface area contributed by atoms with E-state index in [1.165, 1.54) is 6.07 Å². The first-order valence-electron chi connectivity index (χ1n) is 5.58. The van der Waals surface area contributed by atoms with Gasteiger partial charge in [-0.15, -0.1) is 0 Å². The van der Waals surface area contributed by atoms with Crippen LogP contribution in [0.2, 0.25) is 0 Å². The fourth-order valence-electron chi connectivity index (χ4n) is 1.58. The molecule has 5 heteroatoms. The van der Waals surface area contributed by atoms with Gasteiger partial charge >= 0.3 is 5.97 Å². The summed E-state index contributed by atoms with van der Waals surface area (Å²) in [4.78, 5) is 16.3. The van der Waals surface area contributed by atoms with Crippen LogP contribution in [-0.2, 0) is 11.3 Å². The Balaban J connectivity index is 2.74. The number of halogens is 1. The van der Waals surface area contributed by atoms with E-state index < -0.39 is 11.8 Å². The average molecular weight is 240 g/mol. The predicted molar refractivity (Wildman–Crippen MR) is 62.0 cm³/mol. The Bertz CT molecular complexity index is 385. The Morgan fingerprint density at radius 3 is 2.82 bits per heavy atom. The van der Waals surface area contributed by atoms with E-state index in [-0.39, 0.29) is 12.6 Å². The van der Waals surface area contributed by atoms with Gasteiger partial charge in [-0.05, 0) is 25.0 Å². The second kappa shape index (κ2) is 6.30. The van der Waals surface area contributed by atoms with E-state index in [0.29, 0.717) is 12.1 Å². The van der Waals surface area contributed by atoms with Gasteiger partial charge in [-0.2, -0.15) is 0 Å². The molecule has 17 heavy (non-hydrogen) atoms. The maximum atomic E-state index is 13.0. The third-order valence-electron chi connectivity index (χ3n) is 2.70. The summed E-state index contributed by atoms with van der Waals surface area (Å²) in [5, 5.41) is 8.83. The number of hydrogen-bond acceptors (Lipinski definition) is 3. The molecule has 0 spiro atoms. The van der Waals surface area contributed by atoms with Gasteiger partial charge in [-0.3, -0.25) is 14.7 Å². The van der Waals surface area contributed by atoms with Crippen molar-refractivity contribution in [3.05, 3.63) is 29.8 Å². The molecule has 1 aromatic rings. The first-order valence-corrected chi connectivity index (χ1v) is 5.58. The molecular weight excluding hydrogens is 223 g/mol. The number of carbonyl (C=O) groups is 1. The Morgan fingerprint density at radius 1 is 1.59 bits per heavy atom. The van der Waals surface area contributed by atoms with E-state index in [1.54, 1.807) is 11.1 Å². The number of carboxylic acids is 1. The lowest BCUT2D eigenvalue weighted by molar-refractivity contribution is -0.139. The van der Waals surface area contributed by atoms with Crippen molar-refractivity contribution in [2.75, 3.05) is 6.54 Å². The van der Waals surface area contributed by atoms with Crippen molar-refractivity contribution >= 4 is 5.97 Å². The van der Waals surface area contributed by atoms with Gasteiger partial charge in [-0.1, -0.05) is 6.92 Å². The van der Waals surface area contributed by atoms with Crippen LogP contribution >= 0.6 is 0 Å². The van der Waals surface area contributed by atoms with Crippen LogP contribution in [-0.4, -0.2) is 33.5 Å². The highest BCUT2D eigenvalue weighted by atomic mass is 19.1. The second-order valence-electron chi connectivity index (χ2n) is 4.07. The minimum absolute atomic E-state index is 0.0501. The molecule has 1 aromatic heterocycles. The highest BCUT2D eigenvalue weighted by Gasteiger charge is 2.16. The van der Waals surface area contributed by atoms with Crippen LogP contribution in [0.5, 0.6) is 0 Å². The monoisotopic (exact) mass is 240 g/mol. The number of aromatic nitrogens is 1. The van der Waals surface area contributed by atoms with Crippen LogP contribution < -0.4 is 0 Å². The van der Waals surface area contributed by atoms with E-state index in [0.717, 1.165) is 12.6 Å². The van der Waals surface area contributed by atoms with E-state index in [9.17, 15) is 9.18 Å². The lowest BCUT2D eigenvalue weighted by Gasteiger charge is -2.26. The maximum absolute atomic E-state index is 13.0. The molecule has 0 aromatic carbocycles. The van der Waals surface area contributed by atoms with Gasteiger partial charge in [0.25, 0.3) is 0 Å². The number of nitrogens with zero attached hydrogens (tertiary/aromatic N) is 2. The van der Waals surface area contributed by atoms with Crippen LogP contribution in [0.1, 0.15) is 25.8 Å². The van der Waals surface area contributed by atoms with Gasteiger partial charge in [0.2, 0.25) is 0 Å². The van der Waals surface area contributed by atoms with E-state index in [2.05, 4.69) is 4.98 Å². The molecule has 0 saturated carbocycles. The van der Waals surface area contributed by atoms with Crippen LogP contribution in [0.4, 0.5) is 4.39 Å². The normalized spacial score (nSPS) is 12.7. The number of hydrogen-bond donors (Lipinski definition) is 1. The van der Waals surface area contributed by atoms with Crippen molar-refractivity contribution in [2.45, 2.75) is 32.9 Å². The van der Waals surface area contributed by atoms with Crippen molar-refractivity contribution in [1.82, 2.24) is 9.88 Å². The summed E-state index contributed by atoms with van der Waals surface area (Å²) < 4.78 is 13.0. The third kappa shape index (κ3) is 4.48. The SMILES string of the molecule is CCC(C)N(CC(=O)O)Cc1cncc(F)c1. The molecular formula is C12H17FN2O2. The highest BCUT2D eigenvalue weighted by Crippen LogP contribution is 2.10. The lowest BCUT2D eigenvalue weighted by atomic mass is 10.2. The summed E-state index contributed by atoms with van der Waals surface area (Å²) in [6.45, 7) is 4.29. The molecule has 0 fully saturated rings. The molecule has 94 valence electrons. The Kier molecular flexibility index (Phi) is 5.03. The van der Waals surface area contributed by atoms with Gasteiger partial charge in [0.1, 0.15) is 5.82 Å². The van der Waals surface area contributed by atoms with E-state index in [1.807, 2.05) is 13.8 Å². The second-order valence-corrected chi connectivity index (χ2v) is 4.07. The fourth-order valence-corrected chi connectivity index (χ4v) is 1.58. The number of rotatable bonds is 6. The summed E-state index contributed by atoms with van der Waals surface area (Å²) in [7, 11) is 0. The molecule has 1 atom stereocenters. The third-order valence-corrected chi connectivity index (χ3v) is 2.70. The smallest absolute Gasteiger partial charge is 0.317 e. The van der Waals surface area contributed by atoms with Crippen molar-refractivity contribution in [2.24, 2.45) is 0 Å². The van der Waals surface area contributed by atoms with Crippen LogP contribution in [0.15, 0.2) is 18.5 Å². The number of aliphatic carboxylic acids is 1. The number of pyridine rings is 1. The molecule has 4 nitrogen and oxygen atoms in total. The molecule has 1 rings (SSSR count). The summed E-state index contributed by atoms with van der Waals surface area (Å²) in [5.74, 6) is -1.28. The molecule has 1 unspecified atom stereocenters. The minimum Gasteiger partial charge on any atom is -0.480 e. The van der Waals surface area contributed by atoms with Gasteiger partial charge in [0.15, 0.2) is 0 Å². The Labute approximate surface area is 100 Å². The van der Waals surface area contributed by atoms with Crippen LogP contribution in [0.3, 0.4) is 0 Å². The maximum Gasteiger partial charge on any atom is 0.317 e. The molecule has 1 N–H and O–H groups in total. The lowest BCUT2D eigenvalue weighted by Crippen LogP contribution is -2.36. The minimum atomic E-state index is -0.880.